The molecule has 0 unspecified atom stereocenters. The molecule has 0 aliphatic heterocycles. The van der Waals surface area contributed by atoms with Crippen LogP contribution in [0.2, 0.25) is 0 Å². The van der Waals surface area contributed by atoms with Gasteiger partial charge in [-0.25, -0.2) is 0 Å². The van der Waals surface area contributed by atoms with Crippen LogP contribution < -0.4 is 10.1 Å². The van der Waals surface area contributed by atoms with E-state index in [0.717, 1.165) is 37.0 Å². The zero-order valence-corrected chi connectivity index (χ0v) is 13.9. The number of H-pyrrole nitrogens is 1. The van der Waals surface area contributed by atoms with Gasteiger partial charge in [-0.15, -0.1) is 5.10 Å². The molecule has 0 radical (unpaired) electrons. The number of aromatic amines is 1. The molecule has 8 heteroatoms. The van der Waals surface area contributed by atoms with Gasteiger partial charge in [-0.1, -0.05) is 23.7 Å². The molecule has 1 aromatic carbocycles. The molecule has 132 valence electrons. The molecular formula is C17H20N4O4. The number of carbonyl (C=O) groups is 1. The molecule has 2 aromatic rings. The van der Waals surface area contributed by atoms with Crippen molar-refractivity contribution in [3.8, 4) is 5.75 Å². The van der Waals surface area contributed by atoms with E-state index >= 15 is 0 Å². The zero-order chi connectivity index (χ0) is 17.8. The third kappa shape index (κ3) is 3.96. The van der Waals surface area contributed by atoms with Crippen LogP contribution in [-0.4, -0.2) is 33.2 Å². The van der Waals surface area contributed by atoms with Crippen LogP contribution in [0.15, 0.2) is 30.5 Å². The van der Waals surface area contributed by atoms with E-state index < -0.39 is 16.6 Å². The van der Waals surface area contributed by atoms with E-state index in [1.807, 2.05) is 31.2 Å². The van der Waals surface area contributed by atoms with Gasteiger partial charge in [-0.05, 0) is 48.8 Å². The largest absolute Gasteiger partial charge is 0.488 e. The number of aromatic nitrogens is 2. The third-order valence-corrected chi connectivity index (χ3v) is 4.34. The molecule has 1 amide bonds. The number of rotatable bonds is 5. The van der Waals surface area contributed by atoms with E-state index in [9.17, 15) is 14.9 Å². The van der Waals surface area contributed by atoms with E-state index in [4.69, 9.17) is 4.74 Å². The predicted octanol–water partition coefficient (Wildman–Crippen LogP) is 2.75. The molecule has 1 fully saturated rings. The SMILES string of the molecule is Cc1cccc(O[C@H]2CCCC[C@H]2NC(=O)c2cn[nH]c2[N+](=O)[O-])c1. The Bertz CT molecular complexity index is 774. The highest BCUT2D eigenvalue weighted by Crippen LogP contribution is 2.25. The van der Waals surface area contributed by atoms with Crippen molar-refractivity contribution < 1.29 is 14.5 Å². The smallest absolute Gasteiger partial charge is 0.355 e. The van der Waals surface area contributed by atoms with Gasteiger partial charge in [0, 0.05) is 0 Å². The van der Waals surface area contributed by atoms with Crippen molar-refractivity contribution in [3.63, 3.8) is 0 Å². The number of ether oxygens (including phenoxy) is 1. The summed E-state index contributed by atoms with van der Waals surface area (Å²) in [5, 5.41) is 19.7. The van der Waals surface area contributed by atoms with Gasteiger partial charge in [0.2, 0.25) is 0 Å². The molecule has 0 spiro atoms. The van der Waals surface area contributed by atoms with Crippen LogP contribution in [0.1, 0.15) is 41.6 Å². The van der Waals surface area contributed by atoms with E-state index in [1.165, 1.54) is 6.20 Å². The molecule has 3 rings (SSSR count). The van der Waals surface area contributed by atoms with Crippen molar-refractivity contribution >= 4 is 11.7 Å². The van der Waals surface area contributed by atoms with Gasteiger partial charge in [0.15, 0.2) is 5.56 Å². The number of nitro groups is 1. The van der Waals surface area contributed by atoms with Crippen LogP contribution in [0.4, 0.5) is 5.82 Å². The maximum absolute atomic E-state index is 12.4. The minimum Gasteiger partial charge on any atom is -0.488 e. The lowest BCUT2D eigenvalue weighted by atomic mass is 9.92. The summed E-state index contributed by atoms with van der Waals surface area (Å²) in [7, 11) is 0. The number of hydrogen-bond acceptors (Lipinski definition) is 5. The molecule has 2 atom stereocenters. The summed E-state index contributed by atoms with van der Waals surface area (Å²) < 4.78 is 6.07. The third-order valence-electron chi connectivity index (χ3n) is 4.34. The lowest BCUT2D eigenvalue weighted by Crippen LogP contribution is -2.47. The van der Waals surface area contributed by atoms with Gasteiger partial charge < -0.3 is 20.2 Å². The number of benzene rings is 1. The summed E-state index contributed by atoms with van der Waals surface area (Å²) >= 11 is 0. The van der Waals surface area contributed by atoms with Crippen molar-refractivity contribution in [2.45, 2.75) is 44.8 Å². The molecule has 2 N–H and O–H groups in total. The molecule has 8 nitrogen and oxygen atoms in total. The second kappa shape index (κ2) is 7.33. The number of aryl methyl sites for hydroxylation is 1. The summed E-state index contributed by atoms with van der Waals surface area (Å²) in [4.78, 5) is 22.7. The van der Waals surface area contributed by atoms with Crippen LogP contribution >= 0.6 is 0 Å². The molecule has 0 bridgehead atoms. The van der Waals surface area contributed by atoms with Gasteiger partial charge in [-0.2, -0.15) is 0 Å². The number of carbonyl (C=O) groups excluding carboxylic acids is 1. The fourth-order valence-electron chi connectivity index (χ4n) is 3.10. The number of nitrogens with one attached hydrogen (secondary N) is 2. The van der Waals surface area contributed by atoms with Crippen LogP contribution in [0, 0.1) is 17.0 Å². The first-order valence-electron chi connectivity index (χ1n) is 8.26. The van der Waals surface area contributed by atoms with Crippen molar-refractivity contribution in [1.82, 2.24) is 15.5 Å². The Morgan fingerprint density at radius 2 is 2.20 bits per heavy atom. The molecular weight excluding hydrogens is 324 g/mol. The minimum atomic E-state index is -0.649. The van der Waals surface area contributed by atoms with Crippen LogP contribution in [0.25, 0.3) is 0 Å². The maximum atomic E-state index is 12.4. The van der Waals surface area contributed by atoms with Gasteiger partial charge in [0.25, 0.3) is 5.91 Å². The lowest BCUT2D eigenvalue weighted by Gasteiger charge is -2.32. The molecule has 1 heterocycles. The Morgan fingerprint density at radius 1 is 1.40 bits per heavy atom. The monoisotopic (exact) mass is 344 g/mol. The Kier molecular flexibility index (Phi) is 4.97. The maximum Gasteiger partial charge on any atom is 0.355 e. The normalized spacial score (nSPS) is 20.0. The van der Waals surface area contributed by atoms with Gasteiger partial charge >= 0.3 is 5.82 Å². The standard InChI is InChI=1S/C17H20N4O4/c1-11-5-4-6-12(9-11)25-15-8-3-2-7-14(15)19-17(22)13-10-18-20-16(13)21(23)24/h4-6,9-10,14-15H,2-3,7-8H2,1H3,(H,18,20)(H,19,22)/t14-,15+/m1/s1. The summed E-state index contributed by atoms with van der Waals surface area (Å²) in [6, 6.07) is 7.56. The van der Waals surface area contributed by atoms with Crippen molar-refractivity contribution in [2.75, 3.05) is 0 Å². The summed E-state index contributed by atoms with van der Waals surface area (Å²) in [6.45, 7) is 1.99. The first-order valence-corrected chi connectivity index (χ1v) is 8.26. The molecule has 1 aliphatic carbocycles. The highest BCUT2D eigenvalue weighted by Gasteiger charge is 2.31. The Balaban J connectivity index is 1.71. The van der Waals surface area contributed by atoms with E-state index in [0.29, 0.717) is 0 Å². The van der Waals surface area contributed by atoms with E-state index in [-0.39, 0.29) is 17.7 Å². The van der Waals surface area contributed by atoms with Crippen LogP contribution in [0.5, 0.6) is 5.75 Å². The topological polar surface area (TPSA) is 110 Å². The number of hydrogen-bond donors (Lipinski definition) is 2. The average Bonchev–Trinajstić information content (AvgIpc) is 3.07. The van der Waals surface area contributed by atoms with Crippen LogP contribution in [0.3, 0.4) is 0 Å². The Hall–Kier alpha value is -2.90. The fraction of sp³-hybridized carbons (Fsp3) is 0.412. The van der Waals surface area contributed by atoms with Crippen molar-refractivity contribution in [1.29, 1.82) is 0 Å². The molecule has 1 aliphatic rings. The molecule has 1 aromatic heterocycles. The van der Waals surface area contributed by atoms with E-state index in [1.54, 1.807) is 0 Å². The Labute approximate surface area is 144 Å². The molecule has 1 saturated carbocycles. The number of nitrogens with zero attached hydrogens (tertiary/aromatic N) is 2. The fourth-order valence-corrected chi connectivity index (χ4v) is 3.10. The van der Waals surface area contributed by atoms with Gasteiger partial charge in [-0.3, -0.25) is 4.79 Å². The van der Waals surface area contributed by atoms with Gasteiger partial charge in [0.1, 0.15) is 11.9 Å². The van der Waals surface area contributed by atoms with Crippen LogP contribution in [-0.2, 0) is 0 Å². The lowest BCUT2D eigenvalue weighted by molar-refractivity contribution is -0.389. The zero-order valence-electron chi connectivity index (χ0n) is 13.9. The first-order chi connectivity index (χ1) is 12.0. The minimum absolute atomic E-state index is 0.0649. The summed E-state index contributed by atoms with van der Waals surface area (Å²) in [6.07, 6.45) is 4.61. The average molecular weight is 344 g/mol. The van der Waals surface area contributed by atoms with Gasteiger partial charge in [0.05, 0.1) is 12.2 Å². The van der Waals surface area contributed by atoms with Crippen molar-refractivity contribution in [3.05, 3.63) is 51.7 Å². The molecule has 0 saturated heterocycles. The quantitative estimate of drug-likeness (QED) is 0.640. The second-order valence-electron chi connectivity index (χ2n) is 6.23. The first kappa shape index (κ1) is 16.9. The second-order valence-corrected chi connectivity index (χ2v) is 6.23. The van der Waals surface area contributed by atoms with Crippen molar-refractivity contribution in [2.24, 2.45) is 0 Å². The number of amides is 1. The van der Waals surface area contributed by atoms with E-state index in [2.05, 4.69) is 15.5 Å². The summed E-state index contributed by atoms with van der Waals surface area (Å²) in [5.74, 6) is -0.143. The highest BCUT2D eigenvalue weighted by atomic mass is 16.6. The predicted molar refractivity (Wildman–Crippen MR) is 90.6 cm³/mol. The highest BCUT2D eigenvalue weighted by molar-refractivity contribution is 5.97. The molecule has 25 heavy (non-hydrogen) atoms. The Morgan fingerprint density at radius 3 is 2.96 bits per heavy atom. The summed E-state index contributed by atoms with van der Waals surface area (Å²) in [5.41, 5.74) is 1.03.